The first-order valence-corrected chi connectivity index (χ1v) is 19.4. The molecule has 12 aromatic rings. The lowest BCUT2D eigenvalue weighted by atomic mass is 9.98. The van der Waals surface area contributed by atoms with Gasteiger partial charge in [0, 0.05) is 38.2 Å². The Labute approximate surface area is 332 Å². The van der Waals surface area contributed by atoms with Gasteiger partial charge < -0.3 is 8.83 Å². The van der Waals surface area contributed by atoms with Crippen LogP contribution in [0.1, 0.15) is 0 Å². The van der Waals surface area contributed by atoms with E-state index in [0.29, 0.717) is 17.5 Å². The van der Waals surface area contributed by atoms with Gasteiger partial charge >= 0.3 is 0 Å². The quantitative estimate of drug-likeness (QED) is 0.176. The van der Waals surface area contributed by atoms with Crippen molar-refractivity contribution < 1.29 is 8.83 Å². The van der Waals surface area contributed by atoms with Crippen LogP contribution in [-0.4, -0.2) is 15.0 Å². The lowest BCUT2D eigenvalue weighted by Gasteiger charge is -2.11. The first-order chi connectivity index (χ1) is 28.7. The van der Waals surface area contributed by atoms with E-state index in [1.54, 1.807) is 0 Å². The Bertz CT molecular complexity index is 3560. The minimum absolute atomic E-state index is 0.601. The molecule has 0 N–H and O–H groups in total. The summed E-state index contributed by atoms with van der Waals surface area (Å²) in [5.41, 5.74) is 10.7. The number of hydrogen-bond donors (Lipinski definition) is 0. The number of aromatic nitrogens is 3. The molecule has 0 unspecified atom stereocenters. The number of furan rings is 2. The molecule has 0 radical (unpaired) electrons. The summed E-state index contributed by atoms with van der Waals surface area (Å²) in [5, 5.41) is 9.04. The Hall–Kier alpha value is -7.89. The molecular weight excluding hydrogens is 711 g/mol. The maximum atomic E-state index is 6.26. The van der Waals surface area contributed by atoms with Crippen molar-refractivity contribution in [2.45, 2.75) is 0 Å². The first-order valence-electron chi connectivity index (χ1n) is 19.4. The molecule has 0 aliphatic heterocycles. The van der Waals surface area contributed by atoms with Crippen LogP contribution in [0.25, 0.3) is 122 Å². The van der Waals surface area contributed by atoms with Crippen LogP contribution in [-0.2, 0) is 0 Å². The molecule has 58 heavy (non-hydrogen) atoms. The van der Waals surface area contributed by atoms with Crippen LogP contribution >= 0.6 is 0 Å². The third-order valence-corrected chi connectivity index (χ3v) is 11.3. The van der Waals surface area contributed by atoms with Crippen LogP contribution in [0.4, 0.5) is 0 Å². The molecule has 0 saturated carbocycles. The third-order valence-electron chi connectivity index (χ3n) is 11.3. The molecule has 0 aliphatic rings. The van der Waals surface area contributed by atoms with E-state index in [0.717, 1.165) is 93.6 Å². The molecule has 270 valence electrons. The van der Waals surface area contributed by atoms with Gasteiger partial charge in [0.05, 0.1) is 0 Å². The van der Waals surface area contributed by atoms with Crippen molar-refractivity contribution in [3.05, 3.63) is 188 Å². The van der Waals surface area contributed by atoms with E-state index in [9.17, 15) is 0 Å². The van der Waals surface area contributed by atoms with E-state index in [-0.39, 0.29) is 0 Å². The van der Waals surface area contributed by atoms with E-state index < -0.39 is 0 Å². The van der Waals surface area contributed by atoms with Crippen molar-refractivity contribution in [3.8, 4) is 56.4 Å². The fraction of sp³-hybridized carbons (Fsp3) is 0. The number of nitrogens with zero attached hydrogens (tertiary/aromatic N) is 3. The van der Waals surface area contributed by atoms with Gasteiger partial charge in [-0.05, 0) is 80.2 Å². The van der Waals surface area contributed by atoms with Crippen LogP contribution in [0, 0.1) is 0 Å². The van der Waals surface area contributed by atoms with Gasteiger partial charge in [-0.15, -0.1) is 0 Å². The summed E-state index contributed by atoms with van der Waals surface area (Å²) < 4.78 is 12.5. The molecule has 5 heteroatoms. The van der Waals surface area contributed by atoms with Gasteiger partial charge in [-0.3, -0.25) is 0 Å². The fourth-order valence-corrected chi connectivity index (χ4v) is 8.44. The summed E-state index contributed by atoms with van der Waals surface area (Å²) in [6, 6.07) is 65.2. The Balaban J connectivity index is 0.993. The summed E-state index contributed by atoms with van der Waals surface area (Å²) in [4.78, 5) is 15.4. The van der Waals surface area contributed by atoms with Crippen molar-refractivity contribution in [2.24, 2.45) is 0 Å². The minimum Gasteiger partial charge on any atom is -0.456 e. The molecular formula is C53H31N3O2. The van der Waals surface area contributed by atoms with Crippen LogP contribution in [0.15, 0.2) is 197 Å². The van der Waals surface area contributed by atoms with Crippen LogP contribution in [0.3, 0.4) is 0 Å². The second-order valence-corrected chi connectivity index (χ2v) is 14.8. The molecule has 0 atom stereocenters. The van der Waals surface area contributed by atoms with E-state index in [1.165, 1.54) is 10.8 Å². The maximum absolute atomic E-state index is 6.26. The Morgan fingerprint density at radius 3 is 1.50 bits per heavy atom. The largest absolute Gasteiger partial charge is 0.456 e. The second kappa shape index (κ2) is 12.8. The highest BCUT2D eigenvalue weighted by atomic mass is 16.3. The lowest BCUT2D eigenvalue weighted by Crippen LogP contribution is -2.00. The van der Waals surface area contributed by atoms with Crippen molar-refractivity contribution in [1.29, 1.82) is 0 Å². The summed E-state index contributed by atoms with van der Waals surface area (Å²) in [7, 11) is 0. The average Bonchev–Trinajstić information content (AvgIpc) is 3.88. The Morgan fingerprint density at radius 1 is 0.276 bits per heavy atom. The van der Waals surface area contributed by atoms with Gasteiger partial charge in [0.15, 0.2) is 17.5 Å². The van der Waals surface area contributed by atoms with E-state index in [1.807, 2.05) is 36.4 Å². The molecule has 0 amide bonds. The first kappa shape index (κ1) is 32.4. The topological polar surface area (TPSA) is 65.0 Å². The molecule has 3 aromatic heterocycles. The van der Waals surface area contributed by atoms with Gasteiger partial charge in [0.1, 0.15) is 22.3 Å². The third kappa shape index (κ3) is 5.29. The van der Waals surface area contributed by atoms with Crippen LogP contribution in [0.2, 0.25) is 0 Å². The van der Waals surface area contributed by atoms with E-state index >= 15 is 0 Å². The summed E-state index contributed by atoms with van der Waals surface area (Å²) in [6.45, 7) is 0. The molecule has 12 rings (SSSR count). The van der Waals surface area contributed by atoms with E-state index in [4.69, 9.17) is 23.8 Å². The normalized spacial score (nSPS) is 11.8. The summed E-state index contributed by atoms with van der Waals surface area (Å²) in [5.74, 6) is 1.81. The SMILES string of the molecule is c1ccc2cc(-c3ccc(-c4nc(-c5ccc(-c6cccc7oc8ccccc8c67)cc5)nc(-c5ccc6ccc7oc8ccccc8c7c6c5)n4)cc3)ccc2c1. The Morgan fingerprint density at radius 2 is 0.776 bits per heavy atom. The molecule has 0 fully saturated rings. The van der Waals surface area contributed by atoms with Gasteiger partial charge in [-0.25, -0.2) is 15.0 Å². The number of benzene rings is 9. The van der Waals surface area contributed by atoms with E-state index in [2.05, 4.69) is 152 Å². The predicted octanol–water partition coefficient (Wildman–Crippen LogP) is 14.3. The number of fused-ring (bicyclic) bond motifs is 9. The van der Waals surface area contributed by atoms with Crippen LogP contribution < -0.4 is 0 Å². The van der Waals surface area contributed by atoms with Crippen LogP contribution in [0.5, 0.6) is 0 Å². The zero-order chi connectivity index (χ0) is 38.2. The molecule has 0 spiro atoms. The predicted molar refractivity (Wildman–Crippen MR) is 237 cm³/mol. The van der Waals surface area contributed by atoms with Gasteiger partial charge in [-0.2, -0.15) is 0 Å². The van der Waals surface area contributed by atoms with Crippen molar-refractivity contribution >= 4 is 65.4 Å². The lowest BCUT2D eigenvalue weighted by molar-refractivity contribution is 0.668. The zero-order valence-corrected chi connectivity index (χ0v) is 31.1. The van der Waals surface area contributed by atoms with Crippen molar-refractivity contribution in [1.82, 2.24) is 15.0 Å². The van der Waals surface area contributed by atoms with Gasteiger partial charge in [0.2, 0.25) is 0 Å². The monoisotopic (exact) mass is 741 g/mol. The summed E-state index contributed by atoms with van der Waals surface area (Å²) >= 11 is 0. The van der Waals surface area contributed by atoms with Gasteiger partial charge in [0.25, 0.3) is 0 Å². The van der Waals surface area contributed by atoms with Crippen molar-refractivity contribution in [3.63, 3.8) is 0 Å². The number of rotatable bonds is 5. The molecule has 3 heterocycles. The average molecular weight is 742 g/mol. The Kier molecular flexibility index (Phi) is 7.16. The molecule has 0 aliphatic carbocycles. The van der Waals surface area contributed by atoms with Gasteiger partial charge in [-0.1, -0.05) is 152 Å². The standard InChI is InChI=1S/C53H31N3O2/c1-2-9-38-30-39(26-18-32(38)8-1)33-16-22-36(23-17-33)51-54-52(37-24-19-34(20-25-37)41-12-7-15-47-49(41)42-10-3-5-13-45(42)57-47)56-53(55-51)40-27-21-35-28-29-48-50(44(35)31-40)43-11-4-6-14-46(43)58-48/h1-31H. The zero-order valence-electron chi connectivity index (χ0n) is 31.1. The smallest absolute Gasteiger partial charge is 0.164 e. The summed E-state index contributed by atoms with van der Waals surface area (Å²) in [6.07, 6.45) is 0. The minimum atomic E-state index is 0.601. The number of para-hydroxylation sites is 2. The highest BCUT2D eigenvalue weighted by molar-refractivity contribution is 6.19. The number of hydrogen-bond acceptors (Lipinski definition) is 5. The van der Waals surface area contributed by atoms with Crippen molar-refractivity contribution in [2.75, 3.05) is 0 Å². The molecule has 0 bridgehead atoms. The molecule has 0 saturated heterocycles. The fourth-order valence-electron chi connectivity index (χ4n) is 8.44. The highest BCUT2D eigenvalue weighted by Gasteiger charge is 2.17. The second-order valence-electron chi connectivity index (χ2n) is 14.8. The maximum Gasteiger partial charge on any atom is 0.164 e. The highest BCUT2D eigenvalue weighted by Crippen LogP contribution is 2.39. The molecule has 9 aromatic carbocycles. The molecule has 5 nitrogen and oxygen atoms in total.